The Kier molecular flexibility index (Phi) is 5.49. The first-order valence-corrected chi connectivity index (χ1v) is 7.06. The van der Waals surface area contributed by atoms with Crippen molar-refractivity contribution in [3.63, 3.8) is 0 Å². The highest BCUT2D eigenvalue weighted by Crippen LogP contribution is 2.22. The van der Waals surface area contributed by atoms with Gasteiger partial charge in [0.2, 0.25) is 0 Å². The van der Waals surface area contributed by atoms with Gasteiger partial charge >= 0.3 is 0 Å². The predicted octanol–water partition coefficient (Wildman–Crippen LogP) is 1.17. The number of piperazine rings is 1. The molecule has 0 bridgehead atoms. The van der Waals surface area contributed by atoms with Gasteiger partial charge in [0, 0.05) is 44.5 Å². The van der Waals surface area contributed by atoms with Crippen molar-refractivity contribution in [2.24, 2.45) is 0 Å². The molecule has 7 nitrogen and oxygen atoms in total. The molecule has 2 N–H and O–H groups in total. The molecule has 1 aliphatic heterocycles. The summed E-state index contributed by atoms with van der Waals surface area (Å²) in [6.07, 6.45) is 0.980. The Morgan fingerprint density at radius 3 is 2.86 bits per heavy atom. The number of benzene rings is 1. The fourth-order valence-electron chi connectivity index (χ4n) is 2.36. The van der Waals surface area contributed by atoms with Crippen molar-refractivity contribution in [3.8, 4) is 6.07 Å². The largest absolute Gasteiger partial charge is 0.385 e. The monoisotopic (exact) mass is 289 g/mol. The van der Waals surface area contributed by atoms with Crippen LogP contribution in [0, 0.1) is 21.4 Å². The van der Waals surface area contributed by atoms with E-state index < -0.39 is 4.92 Å². The highest BCUT2D eigenvalue weighted by Gasteiger charge is 2.14. The number of nitro benzene ring substituents is 1. The van der Waals surface area contributed by atoms with Crippen molar-refractivity contribution >= 4 is 11.4 Å². The minimum Gasteiger partial charge on any atom is -0.385 e. The van der Waals surface area contributed by atoms with Crippen LogP contribution in [0.25, 0.3) is 0 Å². The molecular formula is C14H19N5O2. The average molecular weight is 289 g/mol. The summed E-state index contributed by atoms with van der Waals surface area (Å²) in [4.78, 5) is 12.8. The van der Waals surface area contributed by atoms with Crippen molar-refractivity contribution in [1.29, 1.82) is 5.26 Å². The molecular weight excluding hydrogens is 270 g/mol. The van der Waals surface area contributed by atoms with E-state index in [0.29, 0.717) is 5.69 Å². The number of hydrogen-bond donors (Lipinski definition) is 2. The van der Waals surface area contributed by atoms with Gasteiger partial charge < -0.3 is 15.5 Å². The maximum absolute atomic E-state index is 10.9. The summed E-state index contributed by atoms with van der Waals surface area (Å²) in [7, 11) is 0. The summed E-state index contributed by atoms with van der Waals surface area (Å²) in [5.74, 6) is 0. The van der Waals surface area contributed by atoms with Gasteiger partial charge in [-0.05, 0) is 25.1 Å². The Morgan fingerprint density at radius 2 is 2.19 bits per heavy atom. The van der Waals surface area contributed by atoms with Crippen LogP contribution in [-0.4, -0.2) is 49.1 Å². The summed E-state index contributed by atoms with van der Waals surface area (Å²) >= 11 is 0. The normalized spacial score (nSPS) is 15.4. The third-order valence-electron chi connectivity index (χ3n) is 3.50. The molecule has 1 fully saturated rings. The third-order valence-corrected chi connectivity index (χ3v) is 3.50. The van der Waals surface area contributed by atoms with Crippen LogP contribution in [0.3, 0.4) is 0 Å². The third kappa shape index (κ3) is 4.41. The van der Waals surface area contributed by atoms with E-state index in [1.165, 1.54) is 12.1 Å². The molecule has 1 heterocycles. The van der Waals surface area contributed by atoms with E-state index in [4.69, 9.17) is 5.26 Å². The number of rotatable bonds is 6. The molecule has 7 heteroatoms. The number of hydrogen-bond acceptors (Lipinski definition) is 6. The first-order chi connectivity index (χ1) is 10.2. The number of anilines is 1. The fraction of sp³-hybridized carbons (Fsp3) is 0.500. The first-order valence-electron chi connectivity index (χ1n) is 7.06. The zero-order chi connectivity index (χ0) is 15.1. The highest BCUT2D eigenvalue weighted by atomic mass is 16.6. The van der Waals surface area contributed by atoms with Gasteiger partial charge in [0.25, 0.3) is 5.69 Å². The van der Waals surface area contributed by atoms with E-state index >= 15 is 0 Å². The molecule has 0 aliphatic carbocycles. The van der Waals surface area contributed by atoms with E-state index in [-0.39, 0.29) is 11.3 Å². The summed E-state index contributed by atoms with van der Waals surface area (Å²) in [5, 5.41) is 26.2. The number of nitrogens with one attached hydrogen (secondary N) is 2. The van der Waals surface area contributed by atoms with Gasteiger partial charge in [-0.25, -0.2) is 0 Å². The number of nitriles is 1. The van der Waals surface area contributed by atoms with Gasteiger partial charge in [0.05, 0.1) is 4.92 Å². The lowest BCUT2D eigenvalue weighted by molar-refractivity contribution is -0.385. The van der Waals surface area contributed by atoms with Crippen LogP contribution in [0.4, 0.5) is 11.4 Å². The van der Waals surface area contributed by atoms with Crippen LogP contribution >= 0.6 is 0 Å². The van der Waals surface area contributed by atoms with Crippen LogP contribution in [-0.2, 0) is 0 Å². The summed E-state index contributed by atoms with van der Waals surface area (Å²) < 4.78 is 0. The summed E-state index contributed by atoms with van der Waals surface area (Å²) in [6, 6.07) is 6.44. The van der Waals surface area contributed by atoms with Crippen molar-refractivity contribution in [1.82, 2.24) is 10.2 Å². The SMILES string of the molecule is N#Cc1ccc(NCCCN2CCNCC2)cc1[N+](=O)[O-]. The van der Waals surface area contributed by atoms with Crippen LogP contribution in [0.15, 0.2) is 18.2 Å². The van der Waals surface area contributed by atoms with Crippen molar-refractivity contribution < 1.29 is 4.92 Å². The van der Waals surface area contributed by atoms with Crippen molar-refractivity contribution in [2.45, 2.75) is 6.42 Å². The molecule has 0 amide bonds. The van der Waals surface area contributed by atoms with Crippen LogP contribution in [0.2, 0.25) is 0 Å². The molecule has 0 saturated carbocycles. The lowest BCUT2D eigenvalue weighted by Gasteiger charge is -2.27. The van der Waals surface area contributed by atoms with Gasteiger partial charge in [0.15, 0.2) is 0 Å². The highest BCUT2D eigenvalue weighted by molar-refractivity contribution is 5.59. The second-order valence-corrected chi connectivity index (χ2v) is 4.97. The number of nitro groups is 1. The predicted molar refractivity (Wildman–Crippen MR) is 80.2 cm³/mol. The molecule has 0 aromatic heterocycles. The summed E-state index contributed by atoms with van der Waals surface area (Å²) in [6.45, 7) is 6.00. The Labute approximate surface area is 123 Å². The smallest absolute Gasteiger partial charge is 0.289 e. The molecule has 1 aromatic rings. The molecule has 0 atom stereocenters. The zero-order valence-corrected chi connectivity index (χ0v) is 11.8. The van der Waals surface area contributed by atoms with E-state index in [1.807, 2.05) is 6.07 Å². The van der Waals surface area contributed by atoms with Crippen molar-refractivity contribution in [2.75, 3.05) is 44.6 Å². The lowest BCUT2D eigenvalue weighted by atomic mass is 10.2. The lowest BCUT2D eigenvalue weighted by Crippen LogP contribution is -2.44. The van der Waals surface area contributed by atoms with Crippen LogP contribution < -0.4 is 10.6 Å². The number of nitrogens with zero attached hydrogens (tertiary/aromatic N) is 3. The Balaban J connectivity index is 1.81. The van der Waals surface area contributed by atoms with Gasteiger partial charge in [-0.1, -0.05) is 0 Å². The Bertz CT molecular complexity index is 535. The van der Waals surface area contributed by atoms with E-state index in [9.17, 15) is 10.1 Å². The molecule has 21 heavy (non-hydrogen) atoms. The first kappa shape index (κ1) is 15.2. The minimum absolute atomic E-state index is 0.0892. The van der Waals surface area contributed by atoms with Crippen LogP contribution in [0.5, 0.6) is 0 Å². The van der Waals surface area contributed by atoms with E-state index in [0.717, 1.165) is 45.7 Å². The zero-order valence-electron chi connectivity index (χ0n) is 11.8. The van der Waals surface area contributed by atoms with Crippen molar-refractivity contribution in [3.05, 3.63) is 33.9 Å². The minimum atomic E-state index is -0.523. The topological polar surface area (TPSA) is 94.2 Å². The Morgan fingerprint density at radius 1 is 1.43 bits per heavy atom. The van der Waals surface area contributed by atoms with E-state index in [2.05, 4.69) is 15.5 Å². The van der Waals surface area contributed by atoms with Gasteiger partial charge in [0.1, 0.15) is 11.6 Å². The maximum Gasteiger partial charge on any atom is 0.289 e. The molecule has 0 radical (unpaired) electrons. The molecule has 112 valence electrons. The Hall–Kier alpha value is -2.17. The molecule has 1 aromatic carbocycles. The maximum atomic E-state index is 10.9. The fourth-order valence-corrected chi connectivity index (χ4v) is 2.36. The second kappa shape index (κ2) is 7.57. The van der Waals surface area contributed by atoms with Gasteiger partial charge in [-0.2, -0.15) is 5.26 Å². The van der Waals surface area contributed by atoms with E-state index in [1.54, 1.807) is 6.07 Å². The molecule has 0 spiro atoms. The quantitative estimate of drug-likeness (QED) is 0.464. The average Bonchev–Trinajstić information content (AvgIpc) is 2.52. The molecule has 1 aliphatic rings. The molecule has 0 unspecified atom stereocenters. The van der Waals surface area contributed by atoms with Crippen LogP contribution in [0.1, 0.15) is 12.0 Å². The second-order valence-electron chi connectivity index (χ2n) is 4.97. The molecule has 1 saturated heterocycles. The summed E-state index contributed by atoms with van der Waals surface area (Å²) in [5.41, 5.74) is 0.622. The van der Waals surface area contributed by atoms with Gasteiger partial charge in [-0.15, -0.1) is 0 Å². The standard InChI is InChI=1S/C14H19N5O2/c15-11-12-2-3-13(10-14(12)19(20)21)17-4-1-7-18-8-5-16-6-9-18/h2-3,10,16-17H,1,4-9H2. The molecule has 2 rings (SSSR count). The van der Waals surface area contributed by atoms with Gasteiger partial charge in [-0.3, -0.25) is 10.1 Å².